The number of hydrogen-bond donors (Lipinski definition) is 1. The van der Waals surface area contributed by atoms with Crippen LogP contribution in [0.25, 0.3) is 5.70 Å². The number of ether oxygens (including phenoxy) is 2. The summed E-state index contributed by atoms with van der Waals surface area (Å²) >= 11 is 0. The molecule has 1 N–H and O–H groups in total. The molecule has 0 spiro atoms. The predicted octanol–water partition coefficient (Wildman–Crippen LogP) is 4.45. The lowest BCUT2D eigenvalue weighted by Gasteiger charge is -2.47. The summed E-state index contributed by atoms with van der Waals surface area (Å²) in [6, 6.07) is 24.5. The summed E-state index contributed by atoms with van der Waals surface area (Å²) in [7, 11) is 0. The third kappa shape index (κ3) is 8.00. The molecule has 1 aliphatic rings. The Morgan fingerprint density at radius 3 is 1.98 bits per heavy atom. The van der Waals surface area contributed by atoms with Gasteiger partial charge in [0.1, 0.15) is 11.8 Å². The molecule has 10 nitrogen and oxygen atoms in total. The van der Waals surface area contributed by atoms with Gasteiger partial charge >= 0.3 is 5.97 Å². The standard InChI is InChI=1S/C36H41N3O7/c1-24(2)33-35(43)39(38(26(5)40)30(21-27-15-9-6-10-16-27)34(42)36(44)46-25(3)4)31(28-17-11-7-12-18-28)22-37(33)32(41)23-45-29-19-13-8-14-20-29/h6-20,22,24-25,30,33-34,42H,21,23H2,1-5H3/t30-,33?,34?/m0/s1. The maximum atomic E-state index is 14.7. The van der Waals surface area contributed by atoms with Crippen LogP contribution in [0.2, 0.25) is 0 Å². The van der Waals surface area contributed by atoms with Gasteiger partial charge in [0.15, 0.2) is 12.7 Å². The Morgan fingerprint density at radius 2 is 1.43 bits per heavy atom. The lowest BCUT2D eigenvalue weighted by atomic mass is 9.96. The van der Waals surface area contributed by atoms with Crippen molar-refractivity contribution in [3.8, 4) is 5.75 Å². The largest absolute Gasteiger partial charge is 0.484 e. The SMILES string of the molecule is CC(=O)N([C@@H](Cc1ccccc1)C(O)C(=O)OC(C)C)N1C(=O)C(C(C)C)N(C(=O)COc2ccccc2)C=C1c1ccccc1. The molecule has 0 aliphatic carbocycles. The number of hydrazine groups is 1. The van der Waals surface area contributed by atoms with Gasteiger partial charge in [0.05, 0.1) is 17.8 Å². The van der Waals surface area contributed by atoms with E-state index in [1.807, 2.05) is 24.3 Å². The fourth-order valence-corrected chi connectivity index (χ4v) is 5.40. The minimum atomic E-state index is -1.80. The van der Waals surface area contributed by atoms with Crippen LogP contribution in [0, 0.1) is 5.92 Å². The molecule has 3 atom stereocenters. The number of aliphatic hydroxyl groups is 1. The first-order valence-corrected chi connectivity index (χ1v) is 15.3. The number of benzene rings is 3. The monoisotopic (exact) mass is 627 g/mol. The number of amides is 3. The normalized spacial score (nSPS) is 16.1. The van der Waals surface area contributed by atoms with Gasteiger partial charge in [0, 0.05) is 18.7 Å². The molecule has 10 heteroatoms. The number of aliphatic hydroxyl groups excluding tert-OH is 1. The molecule has 1 heterocycles. The number of rotatable bonds is 12. The molecule has 3 aromatic carbocycles. The highest BCUT2D eigenvalue weighted by molar-refractivity contribution is 5.99. The van der Waals surface area contributed by atoms with Gasteiger partial charge in [0.25, 0.3) is 11.8 Å². The number of nitrogens with zero attached hydrogens (tertiary/aromatic N) is 3. The van der Waals surface area contributed by atoms with E-state index in [0.717, 1.165) is 10.6 Å². The fourth-order valence-electron chi connectivity index (χ4n) is 5.40. The third-order valence-corrected chi connectivity index (χ3v) is 7.44. The molecule has 242 valence electrons. The van der Waals surface area contributed by atoms with Crippen LogP contribution in [0.15, 0.2) is 97.2 Å². The zero-order valence-electron chi connectivity index (χ0n) is 26.8. The van der Waals surface area contributed by atoms with Gasteiger partial charge in [-0.2, -0.15) is 0 Å². The first kappa shape index (κ1) is 33.9. The van der Waals surface area contributed by atoms with E-state index in [1.165, 1.54) is 23.0 Å². The van der Waals surface area contributed by atoms with Crippen molar-refractivity contribution in [1.82, 2.24) is 14.9 Å². The van der Waals surface area contributed by atoms with Crippen molar-refractivity contribution in [2.75, 3.05) is 6.61 Å². The van der Waals surface area contributed by atoms with Crippen molar-refractivity contribution < 1.29 is 33.8 Å². The Labute approximate surface area is 269 Å². The van der Waals surface area contributed by atoms with Crippen molar-refractivity contribution >= 4 is 29.4 Å². The molecule has 0 saturated carbocycles. The van der Waals surface area contributed by atoms with Gasteiger partial charge in [-0.25, -0.2) is 14.8 Å². The lowest BCUT2D eigenvalue weighted by Crippen LogP contribution is -2.65. The molecule has 0 fully saturated rings. The Balaban J connectivity index is 1.85. The average Bonchev–Trinajstić information content (AvgIpc) is 3.04. The van der Waals surface area contributed by atoms with Gasteiger partial charge in [-0.15, -0.1) is 0 Å². The minimum absolute atomic E-state index is 0.0283. The van der Waals surface area contributed by atoms with E-state index < -0.39 is 48.0 Å². The molecule has 0 radical (unpaired) electrons. The van der Waals surface area contributed by atoms with E-state index in [9.17, 15) is 24.3 Å². The van der Waals surface area contributed by atoms with Crippen LogP contribution in [0.5, 0.6) is 5.75 Å². The van der Waals surface area contributed by atoms with Crippen molar-refractivity contribution in [2.24, 2.45) is 5.92 Å². The van der Waals surface area contributed by atoms with E-state index in [0.29, 0.717) is 11.3 Å². The molecule has 3 aromatic rings. The first-order chi connectivity index (χ1) is 22.0. The second-order valence-corrected chi connectivity index (χ2v) is 11.7. The summed E-state index contributed by atoms with van der Waals surface area (Å²) in [5, 5.41) is 13.8. The van der Waals surface area contributed by atoms with Crippen molar-refractivity contribution in [2.45, 2.75) is 65.3 Å². The van der Waals surface area contributed by atoms with E-state index in [-0.39, 0.29) is 24.6 Å². The van der Waals surface area contributed by atoms with Crippen LogP contribution in [0.3, 0.4) is 0 Å². The van der Waals surface area contributed by atoms with Crippen LogP contribution < -0.4 is 4.74 Å². The quantitative estimate of drug-likeness (QED) is 0.295. The summed E-state index contributed by atoms with van der Waals surface area (Å²) in [6.07, 6.45) is -0.759. The summed E-state index contributed by atoms with van der Waals surface area (Å²) in [4.78, 5) is 56.5. The van der Waals surface area contributed by atoms with E-state index in [1.54, 1.807) is 94.4 Å². The maximum Gasteiger partial charge on any atom is 0.337 e. The summed E-state index contributed by atoms with van der Waals surface area (Å²) in [5.74, 6) is -2.44. The Morgan fingerprint density at radius 1 is 0.870 bits per heavy atom. The number of carbonyl (C=O) groups excluding carboxylic acids is 4. The highest BCUT2D eigenvalue weighted by Crippen LogP contribution is 2.34. The van der Waals surface area contributed by atoms with Crippen LogP contribution in [-0.2, 0) is 30.3 Å². The molecule has 46 heavy (non-hydrogen) atoms. The van der Waals surface area contributed by atoms with Crippen molar-refractivity contribution in [1.29, 1.82) is 0 Å². The second kappa shape index (κ2) is 15.4. The summed E-state index contributed by atoms with van der Waals surface area (Å²) in [5.41, 5.74) is 1.47. The van der Waals surface area contributed by atoms with Crippen LogP contribution in [0.4, 0.5) is 0 Å². The Kier molecular flexibility index (Phi) is 11.3. The highest BCUT2D eigenvalue weighted by Gasteiger charge is 2.47. The van der Waals surface area contributed by atoms with Crippen LogP contribution in [0.1, 0.15) is 45.7 Å². The Hall–Kier alpha value is -4.96. The second-order valence-electron chi connectivity index (χ2n) is 11.7. The number of esters is 1. The zero-order chi connectivity index (χ0) is 33.4. The van der Waals surface area contributed by atoms with Gasteiger partial charge in [-0.1, -0.05) is 92.7 Å². The topological polar surface area (TPSA) is 117 Å². The maximum absolute atomic E-state index is 14.7. The first-order valence-electron chi connectivity index (χ1n) is 15.3. The van der Waals surface area contributed by atoms with E-state index in [4.69, 9.17) is 9.47 Å². The molecule has 0 bridgehead atoms. The van der Waals surface area contributed by atoms with Gasteiger partial charge in [-0.05, 0) is 43.9 Å². The molecular weight excluding hydrogens is 586 g/mol. The lowest BCUT2D eigenvalue weighted by molar-refractivity contribution is -0.178. The number of carbonyl (C=O) groups is 4. The highest BCUT2D eigenvalue weighted by atomic mass is 16.6. The van der Waals surface area contributed by atoms with Crippen LogP contribution in [-0.4, -0.2) is 74.6 Å². The predicted molar refractivity (Wildman–Crippen MR) is 172 cm³/mol. The molecule has 4 rings (SSSR count). The molecule has 2 unspecified atom stereocenters. The smallest absolute Gasteiger partial charge is 0.337 e. The van der Waals surface area contributed by atoms with Crippen LogP contribution >= 0.6 is 0 Å². The minimum Gasteiger partial charge on any atom is -0.484 e. The molecule has 0 saturated heterocycles. The Bertz CT molecular complexity index is 1530. The van der Waals surface area contributed by atoms with Crippen molar-refractivity contribution in [3.63, 3.8) is 0 Å². The van der Waals surface area contributed by atoms with Gasteiger partial charge < -0.3 is 19.5 Å². The summed E-state index contributed by atoms with van der Waals surface area (Å²) < 4.78 is 11.1. The molecule has 0 aromatic heterocycles. The summed E-state index contributed by atoms with van der Waals surface area (Å²) in [6.45, 7) is 7.86. The van der Waals surface area contributed by atoms with E-state index in [2.05, 4.69) is 0 Å². The third-order valence-electron chi connectivity index (χ3n) is 7.44. The van der Waals surface area contributed by atoms with Gasteiger partial charge in [0.2, 0.25) is 5.91 Å². The molecular formula is C36H41N3O7. The van der Waals surface area contributed by atoms with E-state index >= 15 is 0 Å². The zero-order valence-corrected chi connectivity index (χ0v) is 26.8. The fraction of sp³-hybridized carbons (Fsp3) is 0.333. The number of hydrogen-bond acceptors (Lipinski definition) is 7. The number of para-hydroxylation sites is 1. The molecule has 3 amide bonds. The molecule has 1 aliphatic heterocycles. The average molecular weight is 628 g/mol. The van der Waals surface area contributed by atoms with Crippen molar-refractivity contribution in [3.05, 3.63) is 108 Å². The van der Waals surface area contributed by atoms with Gasteiger partial charge in [-0.3, -0.25) is 14.4 Å².